The number of benzene rings is 2. The molecule has 0 fully saturated rings. The van der Waals surface area contributed by atoms with E-state index in [4.69, 9.17) is 0 Å². The van der Waals surface area contributed by atoms with E-state index in [2.05, 4.69) is 10.2 Å². The van der Waals surface area contributed by atoms with Gasteiger partial charge in [0.2, 0.25) is 6.54 Å². The van der Waals surface area contributed by atoms with E-state index in [1.54, 1.807) is 13.1 Å². The van der Waals surface area contributed by atoms with E-state index in [9.17, 15) is 14.9 Å². The van der Waals surface area contributed by atoms with Crippen LogP contribution in [0.4, 0.5) is 5.69 Å². The average molecular weight is 325 g/mol. The Kier molecular flexibility index (Phi) is 4.46. The zero-order chi connectivity index (χ0) is 17.1. The molecule has 1 aliphatic heterocycles. The van der Waals surface area contributed by atoms with Crippen molar-refractivity contribution in [3.8, 4) is 0 Å². The monoisotopic (exact) mass is 325 g/mol. The van der Waals surface area contributed by atoms with Gasteiger partial charge in [0.15, 0.2) is 0 Å². The molecule has 0 aromatic heterocycles. The van der Waals surface area contributed by atoms with Crippen LogP contribution in [0.15, 0.2) is 48.5 Å². The van der Waals surface area contributed by atoms with Gasteiger partial charge in [-0.15, -0.1) is 0 Å². The molecule has 6 heteroatoms. The first-order chi connectivity index (χ1) is 11.6. The summed E-state index contributed by atoms with van der Waals surface area (Å²) in [4.78, 5) is 24.8. The van der Waals surface area contributed by atoms with Crippen LogP contribution < -0.4 is 10.2 Å². The zero-order valence-corrected chi connectivity index (χ0v) is 13.4. The van der Waals surface area contributed by atoms with Gasteiger partial charge in [-0.1, -0.05) is 24.3 Å². The molecule has 1 amide bonds. The maximum absolute atomic E-state index is 11.8. The first-order valence-electron chi connectivity index (χ1n) is 7.88. The van der Waals surface area contributed by atoms with Crippen molar-refractivity contribution >= 4 is 11.6 Å². The number of carbonyl (C=O) groups excluding carboxylic acids is 1. The Morgan fingerprint density at radius 2 is 2.04 bits per heavy atom. The van der Waals surface area contributed by atoms with Crippen LogP contribution in [0.25, 0.3) is 0 Å². The molecular weight excluding hydrogens is 306 g/mol. The maximum Gasteiger partial charge on any atom is 0.251 e. The van der Waals surface area contributed by atoms with Gasteiger partial charge in [0.1, 0.15) is 6.04 Å². The molecule has 0 spiro atoms. The molecule has 1 unspecified atom stereocenters. The zero-order valence-electron chi connectivity index (χ0n) is 13.4. The third kappa shape index (κ3) is 3.08. The minimum atomic E-state index is -0.329. The lowest BCUT2D eigenvalue weighted by Crippen LogP contribution is -2.39. The third-order valence-electron chi connectivity index (χ3n) is 4.40. The Morgan fingerprint density at radius 3 is 2.71 bits per heavy atom. The van der Waals surface area contributed by atoms with Crippen molar-refractivity contribution in [2.45, 2.75) is 12.5 Å². The number of amides is 1. The summed E-state index contributed by atoms with van der Waals surface area (Å²) in [5.41, 5.74) is 3.50. The number of fused-ring (bicyclic) bond motifs is 1. The van der Waals surface area contributed by atoms with Crippen LogP contribution in [-0.4, -0.2) is 31.0 Å². The highest BCUT2D eigenvalue weighted by atomic mass is 16.6. The van der Waals surface area contributed by atoms with Crippen molar-refractivity contribution in [2.75, 3.05) is 25.0 Å². The van der Waals surface area contributed by atoms with Gasteiger partial charge in [-0.3, -0.25) is 14.9 Å². The van der Waals surface area contributed by atoms with Gasteiger partial charge in [0.25, 0.3) is 5.91 Å². The standard InChI is InChI=1S/C18H19N3O3/c1-19-18(22)14-7-8-16-13(11-14)9-10-20(17(16)12-21(23)24)15-5-3-2-4-6-15/h2-8,11,17H,9-10,12H2,1H3,(H,19,22). The molecule has 6 nitrogen and oxygen atoms in total. The van der Waals surface area contributed by atoms with Crippen LogP contribution in [0.3, 0.4) is 0 Å². The van der Waals surface area contributed by atoms with Crippen LogP contribution in [0.2, 0.25) is 0 Å². The van der Waals surface area contributed by atoms with Crippen molar-refractivity contribution in [3.05, 3.63) is 75.3 Å². The Balaban J connectivity index is 2.00. The maximum atomic E-state index is 11.8. The van der Waals surface area contributed by atoms with E-state index in [0.717, 1.165) is 23.2 Å². The van der Waals surface area contributed by atoms with Crippen molar-refractivity contribution < 1.29 is 9.72 Å². The molecule has 0 aliphatic carbocycles. The molecule has 0 radical (unpaired) electrons. The fourth-order valence-electron chi connectivity index (χ4n) is 3.26. The van der Waals surface area contributed by atoms with Crippen LogP contribution >= 0.6 is 0 Å². The Morgan fingerprint density at radius 1 is 1.29 bits per heavy atom. The molecular formula is C18H19N3O3. The topological polar surface area (TPSA) is 75.5 Å². The van der Waals surface area contributed by atoms with E-state index in [-0.39, 0.29) is 23.4 Å². The lowest BCUT2D eigenvalue weighted by Gasteiger charge is -2.37. The summed E-state index contributed by atoms with van der Waals surface area (Å²) in [7, 11) is 1.59. The number of anilines is 1. The molecule has 1 aliphatic rings. The Hall–Kier alpha value is -2.89. The number of carbonyl (C=O) groups is 1. The van der Waals surface area contributed by atoms with Crippen LogP contribution in [0.1, 0.15) is 27.5 Å². The molecule has 2 aromatic carbocycles. The summed E-state index contributed by atoms with van der Waals surface area (Å²) in [6, 6.07) is 14.8. The summed E-state index contributed by atoms with van der Waals surface area (Å²) in [6.07, 6.45) is 0.753. The summed E-state index contributed by atoms with van der Waals surface area (Å²) in [5, 5.41) is 13.8. The number of hydrogen-bond donors (Lipinski definition) is 1. The van der Waals surface area contributed by atoms with Gasteiger partial charge in [0, 0.05) is 29.8 Å². The predicted molar refractivity (Wildman–Crippen MR) is 91.9 cm³/mol. The average Bonchev–Trinajstić information content (AvgIpc) is 2.61. The molecule has 1 atom stereocenters. The second-order valence-electron chi connectivity index (χ2n) is 5.80. The second kappa shape index (κ2) is 6.70. The van der Waals surface area contributed by atoms with Gasteiger partial charge < -0.3 is 10.2 Å². The van der Waals surface area contributed by atoms with Crippen LogP contribution in [0.5, 0.6) is 0 Å². The minimum Gasteiger partial charge on any atom is -0.358 e. The number of para-hydroxylation sites is 1. The van der Waals surface area contributed by atoms with Gasteiger partial charge in [0.05, 0.1) is 0 Å². The number of rotatable bonds is 4. The highest BCUT2D eigenvalue weighted by molar-refractivity contribution is 5.94. The molecule has 24 heavy (non-hydrogen) atoms. The lowest BCUT2D eigenvalue weighted by atomic mass is 9.90. The molecule has 124 valence electrons. The largest absolute Gasteiger partial charge is 0.358 e. The highest BCUT2D eigenvalue weighted by Crippen LogP contribution is 2.34. The molecule has 1 N–H and O–H groups in total. The third-order valence-corrected chi connectivity index (χ3v) is 4.40. The molecule has 2 aromatic rings. The number of nitro groups is 1. The van der Waals surface area contributed by atoms with E-state index < -0.39 is 0 Å². The number of nitrogens with one attached hydrogen (secondary N) is 1. The molecule has 0 saturated heterocycles. The first kappa shape index (κ1) is 16.0. The lowest BCUT2D eigenvalue weighted by molar-refractivity contribution is -0.483. The number of hydrogen-bond acceptors (Lipinski definition) is 4. The Bertz CT molecular complexity index is 761. The van der Waals surface area contributed by atoms with E-state index >= 15 is 0 Å². The van der Waals surface area contributed by atoms with Crippen molar-refractivity contribution in [3.63, 3.8) is 0 Å². The van der Waals surface area contributed by atoms with E-state index in [1.165, 1.54) is 0 Å². The predicted octanol–water partition coefficient (Wildman–Crippen LogP) is 2.43. The molecule has 3 rings (SSSR count). The van der Waals surface area contributed by atoms with Crippen molar-refractivity contribution in [2.24, 2.45) is 0 Å². The van der Waals surface area contributed by atoms with E-state index in [1.807, 2.05) is 42.5 Å². The van der Waals surface area contributed by atoms with E-state index in [0.29, 0.717) is 12.1 Å². The van der Waals surface area contributed by atoms with Crippen molar-refractivity contribution in [1.82, 2.24) is 5.32 Å². The van der Waals surface area contributed by atoms with Gasteiger partial charge >= 0.3 is 0 Å². The van der Waals surface area contributed by atoms with Crippen LogP contribution in [-0.2, 0) is 6.42 Å². The Labute approximate surface area is 140 Å². The minimum absolute atomic E-state index is 0.144. The normalized spacial score (nSPS) is 16.4. The second-order valence-corrected chi connectivity index (χ2v) is 5.80. The quantitative estimate of drug-likeness (QED) is 0.692. The van der Waals surface area contributed by atoms with Crippen molar-refractivity contribution in [1.29, 1.82) is 0 Å². The fraction of sp³-hybridized carbons (Fsp3) is 0.278. The van der Waals surface area contributed by atoms with Gasteiger partial charge in [-0.05, 0) is 41.8 Å². The van der Waals surface area contributed by atoms with Gasteiger partial charge in [-0.25, -0.2) is 0 Å². The highest BCUT2D eigenvalue weighted by Gasteiger charge is 2.31. The molecule has 0 bridgehead atoms. The summed E-state index contributed by atoms with van der Waals surface area (Å²) in [5.74, 6) is -0.144. The smallest absolute Gasteiger partial charge is 0.251 e. The number of nitrogens with zero attached hydrogens (tertiary/aromatic N) is 2. The summed E-state index contributed by atoms with van der Waals surface area (Å²) < 4.78 is 0. The summed E-state index contributed by atoms with van der Waals surface area (Å²) in [6.45, 7) is 0.522. The van der Waals surface area contributed by atoms with Gasteiger partial charge in [-0.2, -0.15) is 0 Å². The molecule has 1 heterocycles. The fourth-order valence-corrected chi connectivity index (χ4v) is 3.26. The summed E-state index contributed by atoms with van der Waals surface area (Å²) >= 11 is 0. The SMILES string of the molecule is CNC(=O)c1ccc2c(c1)CCN(c1ccccc1)C2C[N+](=O)[O-]. The first-order valence-corrected chi connectivity index (χ1v) is 7.88. The van der Waals surface area contributed by atoms with Crippen LogP contribution in [0, 0.1) is 10.1 Å². The molecule has 0 saturated carbocycles.